The zero-order valence-electron chi connectivity index (χ0n) is 13.8. The van der Waals surface area contributed by atoms with Gasteiger partial charge >= 0.3 is 0 Å². The quantitative estimate of drug-likeness (QED) is 0.903. The molecule has 0 aromatic heterocycles. The number of carbonyl (C=O) groups excluding carboxylic acids is 1. The van der Waals surface area contributed by atoms with Gasteiger partial charge in [0.2, 0.25) is 0 Å². The first-order valence-corrected chi connectivity index (χ1v) is 8.41. The second-order valence-corrected chi connectivity index (χ2v) is 6.27. The van der Waals surface area contributed by atoms with E-state index in [1.54, 1.807) is 12.1 Å². The maximum Gasteiger partial charge on any atom is 0.258 e. The minimum Gasteiger partial charge on any atom is -0.484 e. The second kappa shape index (κ2) is 7.47. The Kier molecular flexibility index (Phi) is 5.14. The molecule has 2 aromatic rings. The van der Waals surface area contributed by atoms with Crippen LogP contribution in [0.2, 0.25) is 0 Å². The smallest absolute Gasteiger partial charge is 0.258 e. The van der Waals surface area contributed by atoms with Gasteiger partial charge in [0.25, 0.3) is 5.91 Å². The average molecular weight is 327 g/mol. The van der Waals surface area contributed by atoms with Gasteiger partial charge in [-0.1, -0.05) is 24.3 Å². The summed E-state index contributed by atoms with van der Waals surface area (Å²) in [6.45, 7) is 1.84. The predicted octanol–water partition coefficient (Wildman–Crippen LogP) is 3.96. The molecule has 24 heavy (non-hydrogen) atoms. The monoisotopic (exact) mass is 327 g/mol. The fourth-order valence-corrected chi connectivity index (χ4v) is 3.09. The van der Waals surface area contributed by atoms with Gasteiger partial charge in [-0.2, -0.15) is 0 Å². The molecule has 1 aliphatic rings. The lowest BCUT2D eigenvalue weighted by atomic mass is 9.89. The van der Waals surface area contributed by atoms with Crippen molar-refractivity contribution in [1.29, 1.82) is 0 Å². The number of hydrogen-bond acceptors (Lipinski definition) is 2. The fourth-order valence-electron chi connectivity index (χ4n) is 3.09. The molecule has 0 heterocycles. The predicted molar refractivity (Wildman–Crippen MR) is 91.5 cm³/mol. The summed E-state index contributed by atoms with van der Waals surface area (Å²) in [6, 6.07) is 12.2. The van der Waals surface area contributed by atoms with E-state index in [0.717, 1.165) is 18.4 Å². The van der Waals surface area contributed by atoms with E-state index in [1.807, 2.05) is 6.92 Å². The molecule has 0 saturated carbocycles. The Morgan fingerprint density at radius 3 is 2.75 bits per heavy atom. The van der Waals surface area contributed by atoms with Gasteiger partial charge in [-0.3, -0.25) is 4.79 Å². The van der Waals surface area contributed by atoms with Gasteiger partial charge in [-0.15, -0.1) is 0 Å². The number of fused-ring (bicyclic) bond motifs is 1. The van der Waals surface area contributed by atoms with Crippen LogP contribution in [0.15, 0.2) is 42.5 Å². The van der Waals surface area contributed by atoms with E-state index in [0.29, 0.717) is 5.75 Å². The highest BCUT2D eigenvalue weighted by molar-refractivity contribution is 5.78. The Bertz CT molecular complexity index is 729. The zero-order chi connectivity index (χ0) is 16.9. The Balaban J connectivity index is 1.56. The molecule has 0 radical (unpaired) electrons. The lowest BCUT2D eigenvalue weighted by Crippen LogP contribution is -2.31. The number of carbonyl (C=O) groups is 1. The van der Waals surface area contributed by atoms with Crippen LogP contribution in [-0.2, 0) is 17.6 Å². The van der Waals surface area contributed by atoms with E-state index >= 15 is 0 Å². The fraction of sp³-hybridized carbons (Fsp3) is 0.350. The molecular formula is C20H22FNO2. The summed E-state index contributed by atoms with van der Waals surface area (Å²) in [5.41, 5.74) is 3.93. The molecule has 0 bridgehead atoms. The van der Waals surface area contributed by atoms with Crippen molar-refractivity contribution in [1.82, 2.24) is 5.32 Å². The molecule has 3 rings (SSSR count). The van der Waals surface area contributed by atoms with Crippen LogP contribution in [0.3, 0.4) is 0 Å². The highest BCUT2D eigenvalue weighted by Gasteiger charge is 2.14. The third kappa shape index (κ3) is 4.13. The average Bonchev–Trinajstić information content (AvgIpc) is 2.59. The summed E-state index contributed by atoms with van der Waals surface area (Å²) < 4.78 is 18.4. The molecule has 0 unspecified atom stereocenters. The molecule has 0 fully saturated rings. The lowest BCUT2D eigenvalue weighted by Gasteiger charge is -2.20. The van der Waals surface area contributed by atoms with Crippen LogP contribution in [0, 0.1) is 5.82 Å². The summed E-state index contributed by atoms with van der Waals surface area (Å²) >= 11 is 0. The van der Waals surface area contributed by atoms with Crippen molar-refractivity contribution < 1.29 is 13.9 Å². The van der Waals surface area contributed by atoms with Crippen LogP contribution in [0.1, 0.15) is 42.5 Å². The molecule has 1 atom stereocenters. The number of amides is 1. The first kappa shape index (κ1) is 16.5. The highest BCUT2D eigenvalue weighted by Crippen LogP contribution is 2.24. The van der Waals surface area contributed by atoms with Crippen molar-refractivity contribution in [3.63, 3.8) is 0 Å². The summed E-state index contributed by atoms with van der Waals surface area (Å²) in [5, 5.41) is 2.93. The van der Waals surface area contributed by atoms with Gasteiger partial charge in [0.1, 0.15) is 11.6 Å². The Labute approximate surface area is 141 Å². The molecule has 1 amide bonds. The van der Waals surface area contributed by atoms with E-state index in [2.05, 4.69) is 23.5 Å². The van der Waals surface area contributed by atoms with E-state index in [4.69, 9.17) is 4.74 Å². The van der Waals surface area contributed by atoms with Crippen LogP contribution >= 0.6 is 0 Å². The molecule has 2 aromatic carbocycles. The van der Waals surface area contributed by atoms with Crippen molar-refractivity contribution in [3.8, 4) is 5.75 Å². The Hall–Kier alpha value is -2.36. The molecule has 1 aliphatic carbocycles. The maximum atomic E-state index is 13.1. The molecule has 1 N–H and O–H groups in total. The number of nitrogens with one attached hydrogen (secondary N) is 1. The molecule has 4 heteroatoms. The third-order valence-electron chi connectivity index (χ3n) is 4.42. The topological polar surface area (TPSA) is 38.3 Å². The standard InChI is InChI=1S/C20H22FNO2/c1-14(16-10-9-15-5-2-3-6-17(15)11-16)22-20(23)13-24-19-8-4-7-18(21)12-19/h4,7-12,14H,2-3,5-6,13H2,1H3,(H,22,23)/t14-/m0/s1. The first-order chi connectivity index (χ1) is 11.6. The second-order valence-electron chi connectivity index (χ2n) is 6.27. The molecule has 0 aliphatic heterocycles. The summed E-state index contributed by atoms with van der Waals surface area (Å²) in [7, 11) is 0. The minimum absolute atomic E-state index is 0.0826. The van der Waals surface area contributed by atoms with E-state index in [9.17, 15) is 9.18 Å². The number of halogens is 1. The van der Waals surface area contributed by atoms with Crippen molar-refractivity contribution in [2.45, 2.75) is 38.6 Å². The summed E-state index contributed by atoms with van der Waals surface area (Å²) in [6.07, 6.45) is 4.76. The summed E-state index contributed by atoms with van der Waals surface area (Å²) in [5.74, 6) is -0.244. The SMILES string of the molecule is C[C@H](NC(=O)COc1cccc(F)c1)c1ccc2c(c1)CCCC2. The maximum absolute atomic E-state index is 13.1. The number of benzene rings is 2. The number of ether oxygens (including phenoxy) is 1. The van der Waals surface area contributed by atoms with Gasteiger partial charge in [-0.25, -0.2) is 4.39 Å². The first-order valence-electron chi connectivity index (χ1n) is 8.41. The van der Waals surface area contributed by atoms with Crippen LogP contribution in [0.25, 0.3) is 0 Å². The summed E-state index contributed by atoms with van der Waals surface area (Å²) in [4.78, 5) is 12.0. The van der Waals surface area contributed by atoms with Gasteiger partial charge in [0.05, 0.1) is 6.04 Å². The minimum atomic E-state index is -0.379. The van der Waals surface area contributed by atoms with Gasteiger partial charge < -0.3 is 10.1 Å². The van der Waals surface area contributed by atoms with Crippen LogP contribution in [0.4, 0.5) is 4.39 Å². The lowest BCUT2D eigenvalue weighted by molar-refractivity contribution is -0.123. The molecular weight excluding hydrogens is 305 g/mol. The number of aryl methyl sites for hydroxylation is 2. The van der Waals surface area contributed by atoms with E-state index in [1.165, 1.54) is 36.1 Å². The molecule has 0 spiro atoms. The normalized spacial score (nSPS) is 14.6. The van der Waals surface area contributed by atoms with E-state index in [-0.39, 0.29) is 24.4 Å². The third-order valence-corrected chi connectivity index (χ3v) is 4.42. The largest absolute Gasteiger partial charge is 0.484 e. The van der Waals surface area contributed by atoms with Crippen molar-refractivity contribution in [2.24, 2.45) is 0 Å². The Morgan fingerprint density at radius 1 is 1.17 bits per heavy atom. The van der Waals surface area contributed by atoms with Crippen LogP contribution in [0.5, 0.6) is 5.75 Å². The van der Waals surface area contributed by atoms with Crippen molar-refractivity contribution in [3.05, 3.63) is 65.0 Å². The zero-order valence-corrected chi connectivity index (χ0v) is 13.8. The Morgan fingerprint density at radius 2 is 1.96 bits per heavy atom. The molecule has 0 saturated heterocycles. The molecule has 3 nitrogen and oxygen atoms in total. The van der Waals surface area contributed by atoms with Gasteiger partial charge in [-0.05, 0) is 61.4 Å². The van der Waals surface area contributed by atoms with E-state index < -0.39 is 0 Å². The van der Waals surface area contributed by atoms with Gasteiger partial charge in [0.15, 0.2) is 6.61 Å². The van der Waals surface area contributed by atoms with Crippen molar-refractivity contribution >= 4 is 5.91 Å². The highest BCUT2D eigenvalue weighted by atomic mass is 19.1. The van der Waals surface area contributed by atoms with Crippen LogP contribution in [-0.4, -0.2) is 12.5 Å². The van der Waals surface area contributed by atoms with Crippen LogP contribution < -0.4 is 10.1 Å². The number of rotatable bonds is 5. The molecule has 126 valence electrons. The van der Waals surface area contributed by atoms with Crippen molar-refractivity contribution in [2.75, 3.05) is 6.61 Å². The number of hydrogen-bond donors (Lipinski definition) is 1. The van der Waals surface area contributed by atoms with Gasteiger partial charge in [0, 0.05) is 6.07 Å².